The molecule has 2 aliphatic rings. The monoisotopic (exact) mass is 378 g/mol. The van der Waals surface area contributed by atoms with Gasteiger partial charge in [-0.1, -0.05) is 19.3 Å². The Labute approximate surface area is 165 Å². The molecule has 0 spiro atoms. The summed E-state index contributed by atoms with van der Waals surface area (Å²) in [6.45, 7) is 2.58. The molecule has 1 heterocycles. The first-order valence-electron chi connectivity index (χ1n) is 10.1. The molecule has 0 unspecified atom stereocenters. The SMILES string of the molecule is Cc1cc(C(=O)NC2CCCCC2)ccc1NC(=O)c1ccc2c(c1)CCO2. The second kappa shape index (κ2) is 8.05. The van der Waals surface area contributed by atoms with Crippen LogP contribution in [0.4, 0.5) is 5.69 Å². The predicted octanol–water partition coefficient (Wildman–Crippen LogP) is 4.24. The molecule has 0 bridgehead atoms. The van der Waals surface area contributed by atoms with Crippen LogP contribution < -0.4 is 15.4 Å². The second-order valence-electron chi connectivity index (χ2n) is 7.71. The fourth-order valence-corrected chi connectivity index (χ4v) is 3.98. The first kappa shape index (κ1) is 18.5. The highest BCUT2D eigenvalue weighted by atomic mass is 16.5. The Balaban J connectivity index is 1.42. The molecule has 2 amide bonds. The van der Waals surface area contributed by atoms with Gasteiger partial charge in [0, 0.05) is 29.3 Å². The molecule has 0 aromatic heterocycles. The molecule has 2 aromatic rings. The number of rotatable bonds is 4. The fourth-order valence-electron chi connectivity index (χ4n) is 3.98. The number of aryl methyl sites for hydroxylation is 1. The Morgan fingerprint density at radius 1 is 0.964 bits per heavy atom. The van der Waals surface area contributed by atoms with E-state index >= 15 is 0 Å². The van der Waals surface area contributed by atoms with Crippen LogP contribution in [0.3, 0.4) is 0 Å². The van der Waals surface area contributed by atoms with Gasteiger partial charge in [0.05, 0.1) is 6.61 Å². The van der Waals surface area contributed by atoms with Crippen molar-refractivity contribution >= 4 is 17.5 Å². The van der Waals surface area contributed by atoms with E-state index in [0.717, 1.165) is 41.8 Å². The maximum absolute atomic E-state index is 12.6. The highest BCUT2D eigenvalue weighted by Crippen LogP contribution is 2.26. The van der Waals surface area contributed by atoms with Crippen molar-refractivity contribution < 1.29 is 14.3 Å². The Morgan fingerprint density at radius 3 is 2.50 bits per heavy atom. The Hall–Kier alpha value is -2.82. The van der Waals surface area contributed by atoms with Crippen molar-refractivity contribution in [1.82, 2.24) is 5.32 Å². The average Bonchev–Trinajstić information content (AvgIpc) is 3.18. The summed E-state index contributed by atoms with van der Waals surface area (Å²) in [6, 6.07) is 11.2. The molecule has 5 nitrogen and oxygen atoms in total. The van der Waals surface area contributed by atoms with Crippen LogP contribution in [-0.4, -0.2) is 24.5 Å². The van der Waals surface area contributed by atoms with Crippen molar-refractivity contribution in [2.75, 3.05) is 11.9 Å². The number of hydrogen-bond acceptors (Lipinski definition) is 3. The van der Waals surface area contributed by atoms with E-state index < -0.39 is 0 Å². The smallest absolute Gasteiger partial charge is 0.255 e. The summed E-state index contributed by atoms with van der Waals surface area (Å²) in [5.74, 6) is 0.671. The van der Waals surface area contributed by atoms with E-state index in [0.29, 0.717) is 17.7 Å². The lowest BCUT2D eigenvalue weighted by Gasteiger charge is -2.23. The van der Waals surface area contributed by atoms with Crippen LogP contribution in [-0.2, 0) is 6.42 Å². The second-order valence-corrected chi connectivity index (χ2v) is 7.71. The highest BCUT2D eigenvalue weighted by Gasteiger charge is 2.18. The Kier molecular flexibility index (Phi) is 5.33. The Morgan fingerprint density at radius 2 is 1.71 bits per heavy atom. The minimum absolute atomic E-state index is 0.0356. The van der Waals surface area contributed by atoms with Gasteiger partial charge in [-0.25, -0.2) is 0 Å². The maximum Gasteiger partial charge on any atom is 0.255 e. The van der Waals surface area contributed by atoms with Crippen LogP contribution in [0.15, 0.2) is 36.4 Å². The van der Waals surface area contributed by atoms with Crippen LogP contribution in [0.25, 0.3) is 0 Å². The lowest BCUT2D eigenvalue weighted by atomic mass is 9.95. The van der Waals surface area contributed by atoms with Gasteiger partial charge in [0.15, 0.2) is 0 Å². The number of hydrogen-bond donors (Lipinski definition) is 2. The van der Waals surface area contributed by atoms with E-state index in [2.05, 4.69) is 10.6 Å². The molecule has 28 heavy (non-hydrogen) atoms. The van der Waals surface area contributed by atoms with Gasteiger partial charge in [0.2, 0.25) is 0 Å². The molecule has 1 saturated carbocycles. The zero-order valence-corrected chi connectivity index (χ0v) is 16.2. The molecule has 2 N–H and O–H groups in total. The summed E-state index contributed by atoms with van der Waals surface area (Å²) >= 11 is 0. The fraction of sp³-hybridized carbons (Fsp3) is 0.391. The van der Waals surface area contributed by atoms with E-state index in [1.807, 2.05) is 25.1 Å². The number of carbonyl (C=O) groups is 2. The van der Waals surface area contributed by atoms with Crippen molar-refractivity contribution in [1.29, 1.82) is 0 Å². The quantitative estimate of drug-likeness (QED) is 0.836. The summed E-state index contributed by atoms with van der Waals surface area (Å²) < 4.78 is 5.49. The molecule has 0 radical (unpaired) electrons. The molecule has 146 valence electrons. The van der Waals surface area contributed by atoms with Gasteiger partial charge >= 0.3 is 0 Å². The summed E-state index contributed by atoms with van der Waals surface area (Å²) in [5, 5.41) is 6.09. The third-order valence-electron chi connectivity index (χ3n) is 5.63. The van der Waals surface area contributed by atoms with Crippen molar-refractivity contribution in [2.24, 2.45) is 0 Å². The minimum atomic E-state index is -0.155. The summed E-state index contributed by atoms with van der Waals surface area (Å²) in [4.78, 5) is 25.1. The van der Waals surface area contributed by atoms with Gasteiger partial charge in [0.1, 0.15) is 5.75 Å². The van der Waals surface area contributed by atoms with E-state index in [-0.39, 0.29) is 17.9 Å². The zero-order valence-electron chi connectivity index (χ0n) is 16.2. The van der Waals surface area contributed by atoms with Crippen LogP contribution in [0.2, 0.25) is 0 Å². The van der Waals surface area contributed by atoms with Gasteiger partial charge in [0.25, 0.3) is 11.8 Å². The third-order valence-corrected chi connectivity index (χ3v) is 5.63. The van der Waals surface area contributed by atoms with Crippen molar-refractivity contribution in [3.05, 3.63) is 58.7 Å². The maximum atomic E-state index is 12.6. The van der Waals surface area contributed by atoms with Crippen molar-refractivity contribution in [3.63, 3.8) is 0 Å². The molecule has 1 aliphatic heterocycles. The number of nitrogens with one attached hydrogen (secondary N) is 2. The molecule has 0 atom stereocenters. The van der Waals surface area contributed by atoms with Gasteiger partial charge < -0.3 is 15.4 Å². The van der Waals surface area contributed by atoms with Crippen LogP contribution in [0.1, 0.15) is 63.9 Å². The topological polar surface area (TPSA) is 67.4 Å². The molecule has 2 aromatic carbocycles. The standard InChI is InChI=1S/C23H26N2O3/c1-15-13-17(22(26)24-19-5-3-2-4-6-19)7-9-20(15)25-23(27)18-8-10-21-16(14-18)11-12-28-21/h7-10,13-14,19H,2-6,11-12H2,1H3,(H,24,26)(H,25,27). The Bertz CT molecular complexity index is 901. The first-order chi connectivity index (χ1) is 13.6. The van der Waals surface area contributed by atoms with Gasteiger partial charge in [-0.2, -0.15) is 0 Å². The molecular formula is C23H26N2O3. The van der Waals surface area contributed by atoms with Gasteiger partial charge in [-0.15, -0.1) is 0 Å². The lowest BCUT2D eigenvalue weighted by Crippen LogP contribution is -2.36. The van der Waals surface area contributed by atoms with Crippen LogP contribution in [0, 0.1) is 6.92 Å². The number of fused-ring (bicyclic) bond motifs is 1. The number of benzene rings is 2. The normalized spacial score (nSPS) is 16.2. The minimum Gasteiger partial charge on any atom is -0.493 e. The lowest BCUT2D eigenvalue weighted by molar-refractivity contribution is 0.0927. The van der Waals surface area contributed by atoms with Crippen LogP contribution >= 0.6 is 0 Å². The summed E-state index contributed by atoms with van der Waals surface area (Å²) in [5.41, 5.74) is 3.91. The van der Waals surface area contributed by atoms with Crippen LogP contribution in [0.5, 0.6) is 5.75 Å². The number of carbonyl (C=O) groups excluding carboxylic acids is 2. The predicted molar refractivity (Wildman–Crippen MR) is 109 cm³/mol. The van der Waals surface area contributed by atoms with Gasteiger partial charge in [-0.05, 0) is 67.3 Å². The van der Waals surface area contributed by atoms with E-state index in [4.69, 9.17) is 4.74 Å². The molecular weight excluding hydrogens is 352 g/mol. The van der Waals surface area contributed by atoms with E-state index in [9.17, 15) is 9.59 Å². The van der Waals surface area contributed by atoms with Gasteiger partial charge in [-0.3, -0.25) is 9.59 Å². The molecule has 0 saturated heterocycles. The third kappa shape index (κ3) is 4.03. The first-order valence-corrected chi connectivity index (χ1v) is 10.1. The zero-order chi connectivity index (χ0) is 19.5. The molecule has 1 aliphatic carbocycles. The number of anilines is 1. The van der Waals surface area contributed by atoms with E-state index in [1.54, 1.807) is 18.2 Å². The number of ether oxygens (including phenoxy) is 1. The molecule has 5 heteroatoms. The highest BCUT2D eigenvalue weighted by molar-refractivity contribution is 6.05. The molecule has 4 rings (SSSR count). The largest absolute Gasteiger partial charge is 0.493 e. The number of amides is 2. The molecule has 1 fully saturated rings. The van der Waals surface area contributed by atoms with Crippen molar-refractivity contribution in [3.8, 4) is 5.75 Å². The summed E-state index contributed by atoms with van der Waals surface area (Å²) in [6.07, 6.45) is 6.58. The summed E-state index contributed by atoms with van der Waals surface area (Å²) in [7, 11) is 0. The average molecular weight is 378 g/mol. The van der Waals surface area contributed by atoms with E-state index in [1.165, 1.54) is 19.3 Å². The van der Waals surface area contributed by atoms with Crippen molar-refractivity contribution in [2.45, 2.75) is 51.5 Å².